The summed E-state index contributed by atoms with van der Waals surface area (Å²) in [4.78, 5) is 21.5. The Balaban J connectivity index is 1.45. The van der Waals surface area contributed by atoms with E-state index in [1.165, 1.54) is 0 Å². The maximum atomic E-state index is 12.5. The Morgan fingerprint density at radius 1 is 1.24 bits per heavy atom. The molecule has 2 saturated heterocycles. The molecule has 2 unspecified atom stereocenters. The Morgan fingerprint density at radius 3 is 2.62 bits per heavy atom. The smallest absolute Gasteiger partial charge is 0.410 e. The molecule has 1 aromatic rings. The molecule has 2 aliphatic heterocycles. The van der Waals surface area contributed by atoms with Crippen molar-refractivity contribution in [1.29, 1.82) is 0 Å². The average molecular weight is 403 g/mol. The summed E-state index contributed by atoms with van der Waals surface area (Å²) in [6.45, 7) is 13.0. The van der Waals surface area contributed by atoms with Crippen LogP contribution in [-0.4, -0.2) is 59.3 Å². The van der Waals surface area contributed by atoms with Crippen molar-refractivity contribution >= 4 is 11.9 Å². The zero-order valence-electron chi connectivity index (χ0n) is 18.8. The Hall–Kier alpha value is -1.82. The van der Waals surface area contributed by atoms with Gasteiger partial charge in [0.25, 0.3) is 0 Å². The van der Waals surface area contributed by atoms with Gasteiger partial charge in [0.1, 0.15) is 11.4 Å². The first-order valence-electron chi connectivity index (χ1n) is 11.2. The molecule has 0 spiro atoms. The van der Waals surface area contributed by atoms with Crippen LogP contribution < -0.4 is 10.2 Å². The number of nitrogens with zero attached hydrogens (tertiary/aromatic N) is 3. The Morgan fingerprint density at radius 2 is 1.97 bits per heavy atom. The van der Waals surface area contributed by atoms with Gasteiger partial charge in [-0.2, -0.15) is 0 Å². The van der Waals surface area contributed by atoms with E-state index >= 15 is 0 Å². The van der Waals surface area contributed by atoms with E-state index in [1.807, 2.05) is 38.7 Å². The van der Waals surface area contributed by atoms with Crippen molar-refractivity contribution in [2.24, 2.45) is 0 Å². The molecule has 0 saturated carbocycles. The van der Waals surface area contributed by atoms with Gasteiger partial charge in [0.05, 0.1) is 0 Å². The van der Waals surface area contributed by atoms with Crippen LogP contribution in [0, 0.1) is 6.92 Å². The fraction of sp³-hybridized carbons (Fsp3) is 0.739. The molecule has 3 heterocycles. The largest absolute Gasteiger partial charge is 0.444 e. The number of pyridine rings is 1. The molecule has 3 rings (SSSR count). The first kappa shape index (κ1) is 21.9. The highest BCUT2D eigenvalue weighted by Crippen LogP contribution is 2.25. The minimum atomic E-state index is -0.436. The second-order valence-corrected chi connectivity index (χ2v) is 9.67. The van der Waals surface area contributed by atoms with Gasteiger partial charge < -0.3 is 19.9 Å². The van der Waals surface area contributed by atoms with Crippen LogP contribution in [0.2, 0.25) is 0 Å². The fourth-order valence-electron chi connectivity index (χ4n) is 4.50. The predicted molar refractivity (Wildman–Crippen MR) is 117 cm³/mol. The third-order valence-electron chi connectivity index (χ3n) is 5.84. The van der Waals surface area contributed by atoms with Crippen LogP contribution in [0.15, 0.2) is 18.2 Å². The lowest BCUT2D eigenvalue weighted by molar-refractivity contribution is 0.0213. The summed E-state index contributed by atoms with van der Waals surface area (Å²) in [5.41, 5.74) is 0.635. The number of ether oxygens (including phenoxy) is 1. The first-order chi connectivity index (χ1) is 13.7. The van der Waals surface area contributed by atoms with Gasteiger partial charge in [-0.05, 0) is 78.9 Å². The molecule has 162 valence electrons. The molecule has 6 nitrogen and oxygen atoms in total. The summed E-state index contributed by atoms with van der Waals surface area (Å²) in [6, 6.07) is 7.43. The van der Waals surface area contributed by atoms with E-state index in [9.17, 15) is 4.79 Å². The Bertz CT molecular complexity index is 680. The third-order valence-corrected chi connectivity index (χ3v) is 5.84. The Labute approximate surface area is 176 Å². The van der Waals surface area contributed by atoms with E-state index in [1.54, 1.807) is 0 Å². The number of hydrogen-bond acceptors (Lipinski definition) is 5. The quantitative estimate of drug-likeness (QED) is 0.803. The number of nitrogens with one attached hydrogen (secondary N) is 1. The number of anilines is 1. The van der Waals surface area contributed by atoms with Crippen molar-refractivity contribution in [3.05, 3.63) is 23.9 Å². The van der Waals surface area contributed by atoms with Crippen molar-refractivity contribution in [2.45, 2.75) is 90.4 Å². The number of rotatable bonds is 5. The van der Waals surface area contributed by atoms with E-state index in [0.717, 1.165) is 63.3 Å². The van der Waals surface area contributed by atoms with E-state index in [4.69, 9.17) is 4.74 Å². The zero-order valence-corrected chi connectivity index (χ0v) is 18.8. The minimum absolute atomic E-state index is 0.161. The van der Waals surface area contributed by atoms with Gasteiger partial charge in [0.2, 0.25) is 0 Å². The molecular formula is C23H38N4O2. The second-order valence-electron chi connectivity index (χ2n) is 9.67. The molecule has 0 aliphatic carbocycles. The van der Waals surface area contributed by atoms with Crippen LogP contribution in [0.4, 0.5) is 10.6 Å². The maximum Gasteiger partial charge on any atom is 0.410 e. The van der Waals surface area contributed by atoms with Gasteiger partial charge in [0, 0.05) is 43.5 Å². The van der Waals surface area contributed by atoms with Crippen molar-refractivity contribution in [2.75, 3.05) is 24.5 Å². The second kappa shape index (κ2) is 9.33. The number of likely N-dealkylation sites (tertiary alicyclic amines) is 1. The van der Waals surface area contributed by atoms with Crippen molar-refractivity contribution in [1.82, 2.24) is 15.2 Å². The molecule has 6 heteroatoms. The van der Waals surface area contributed by atoms with Crippen LogP contribution in [0.3, 0.4) is 0 Å². The maximum absolute atomic E-state index is 12.5. The summed E-state index contributed by atoms with van der Waals surface area (Å²) in [6.07, 6.45) is 5.21. The van der Waals surface area contributed by atoms with Crippen molar-refractivity contribution in [3.63, 3.8) is 0 Å². The van der Waals surface area contributed by atoms with Crippen LogP contribution in [0.5, 0.6) is 0 Å². The lowest BCUT2D eigenvalue weighted by Gasteiger charge is -2.36. The first-order valence-corrected chi connectivity index (χ1v) is 11.2. The summed E-state index contributed by atoms with van der Waals surface area (Å²) in [5.74, 6) is 1.09. The molecular weight excluding hydrogens is 364 g/mol. The number of carbonyl (C=O) groups is 1. The molecule has 1 aromatic heterocycles. The SMILES string of the molecule is Cc1cccc(N2CCC(NC(C)CC3CCCN3C(=O)OC(C)(C)C)CC2)n1. The highest BCUT2D eigenvalue weighted by atomic mass is 16.6. The van der Waals surface area contributed by atoms with Gasteiger partial charge in [-0.1, -0.05) is 6.07 Å². The topological polar surface area (TPSA) is 57.7 Å². The molecule has 2 aliphatic rings. The van der Waals surface area contributed by atoms with Gasteiger partial charge in [-0.15, -0.1) is 0 Å². The predicted octanol–water partition coefficient (Wildman–Crippen LogP) is 4.13. The number of aryl methyl sites for hydroxylation is 1. The van der Waals surface area contributed by atoms with Crippen LogP contribution >= 0.6 is 0 Å². The van der Waals surface area contributed by atoms with Gasteiger partial charge >= 0.3 is 6.09 Å². The molecule has 1 N–H and O–H groups in total. The summed E-state index contributed by atoms with van der Waals surface area (Å²) < 4.78 is 5.60. The van der Waals surface area contributed by atoms with Crippen LogP contribution in [0.25, 0.3) is 0 Å². The van der Waals surface area contributed by atoms with Crippen LogP contribution in [0.1, 0.15) is 65.5 Å². The van der Waals surface area contributed by atoms with Gasteiger partial charge in [-0.3, -0.25) is 0 Å². The lowest BCUT2D eigenvalue weighted by Crippen LogP contribution is -2.48. The highest BCUT2D eigenvalue weighted by Gasteiger charge is 2.33. The number of piperidine rings is 1. The molecule has 0 radical (unpaired) electrons. The number of aromatic nitrogens is 1. The summed E-state index contributed by atoms with van der Waals surface area (Å²) in [5, 5.41) is 3.81. The fourth-order valence-corrected chi connectivity index (χ4v) is 4.50. The summed E-state index contributed by atoms with van der Waals surface area (Å²) >= 11 is 0. The minimum Gasteiger partial charge on any atom is -0.444 e. The van der Waals surface area contributed by atoms with E-state index in [-0.39, 0.29) is 12.1 Å². The van der Waals surface area contributed by atoms with Crippen molar-refractivity contribution < 1.29 is 9.53 Å². The standard InChI is InChI=1S/C23H38N4O2/c1-17-8-6-10-21(25-17)26-14-11-19(12-15-26)24-18(2)16-20-9-7-13-27(20)22(28)29-23(3,4)5/h6,8,10,18-20,24H,7,9,11-16H2,1-5H3. The molecule has 0 aromatic carbocycles. The number of hydrogen-bond donors (Lipinski definition) is 1. The number of amides is 1. The monoisotopic (exact) mass is 402 g/mol. The van der Waals surface area contributed by atoms with Gasteiger partial charge in [-0.25, -0.2) is 9.78 Å². The lowest BCUT2D eigenvalue weighted by atomic mass is 10.0. The molecule has 0 bridgehead atoms. The van der Waals surface area contributed by atoms with E-state index in [0.29, 0.717) is 12.1 Å². The molecule has 2 atom stereocenters. The third kappa shape index (κ3) is 6.33. The molecule has 29 heavy (non-hydrogen) atoms. The zero-order chi connectivity index (χ0) is 21.0. The normalized spacial score (nSPS) is 22.0. The Kier molecular flexibility index (Phi) is 7.04. The summed E-state index contributed by atoms with van der Waals surface area (Å²) in [7, 11) is 0. The molecule has 2 fully saturated rings. The van der Waals surface area contributed by atoms with Crippen LogP contribution in [-0.2, 0) is 4.74 Å². The van der Waals surface area contributed by atoms with E-state index < -0.39 is 5.60 Å². The average Bonchev–Trinajstić information content (AvgIpc) is 3.09. The van der Waals surface area contributed by atoms with E-state index in [2.05, 4.69) is 34.3 Å². The van der Waals surface area contributed by atoms with Crippen molar-refractivity contribution in [3.8, 4) is 0 Å². The highest BCUT2D eigenvalue weighted by molar-refractivity contribution is 5.68. The molecule has 1 amide bonds. The van der Waals surface area contributed by atoms with Gasteiger partial charge in [0.15, 0.2) is 0 Å². The number of carbonyl (C=O) groups excluding carboxylic acids is 1.